The van der Waals surface area contributed by atoms with E-state index in [1.54, 1.807) is 11.1 Å². The lowest BCUT2D eigenvalue weighted by molar-refractivity contribution is -0.00788. The summed E-state index contributed by atoms with van der Waals surface area (Å²) in [5, 5.41) is 2.76. The summed E-state index contributed by atoms with van der Waals surface area (Å²) in [6, 6.07) is 9.95. The van der Waals surface area contributed by atoms with Gasteiger partial charge in [-0.05, 0) is 152 Å². The van der Waals surface area contributed by atoms with Gasteiger partial charge in [0.1, 0.15) is 36.9 Å². The van der Waals surface area contributed by atoms with Gasteiger partial charge in [0, 0.05) is 11.5 Å². The summed E-state index contributed by atoms with van der Waals surface area (Å²) in [6.45, 7) is 2.92. The third kappa shape index (κ3) is 3.84. The molecule has 0 spiro atoms. The summed E-state index contributed by atoms with van der Waals surface area (Å²) >= 11 is 0. The Morgan fingerprint density at radius 2 is 1.07 bits per heavy atom. The maximum Gasteiger partial charge on any atom is 0.130 e. The van der Waals surface area contributed by atoms with E-state index in [1.807, 2.05) is 0 Å². The minimum absolute atomic E-state index is 0.244. The lowest BCUT2D eigenvalue weighted by atomic mass is 9.46. The number of benzene rings is 2. The quantitative estimate of drug-likeness (QED) is 0.329. The summed E-state index contributed by atoms with van der Waals surface area (Å²) < 4.78 is 24.0. The maximum atomic E-state index is 6.62. The molecule has 2 aliphatic heterocycles. The number of hydrogen-bond donors (Lipinski definition) is 0. The van der Waals surface area contributed by atoms with Gasteiger partial charge in [0.15, 0.2) is 0 Å². The molecule has 212 valence electrons. The van der Waals surface area contributed by atoms with Gasteiger partial charge >= 0.3 is 0 Å². The molecule has 2 atom stereocenters. The second kappa shape index (κ2) is 8.40. The van der Waals surface area contributed by atoms with Crippen LogP contribution in [0.2, 0.25) is 0 Å². The largest absolute Gasteiger partial charge is 0.491 e. The van der Waals surface area contributed by atoms with Gasteiger partial charge in [0.05, 0.1) is 13.2 Å². The van der Waals surface area contributed by atoms with E-state index in [1.165, 1.54) is 87.8 Å². The monoisotopic (exact) mass is 540 g/mol. The molecule has 10 fully saturated rings. The first-order valence-corrected chi connectivity index (χ1v) is 16.7. The van der Waals surface area contributed by atoms with Gasteiger partial charge in [-0.2, -0.15) is 0 Å². The molecular weight excluding hydrogens is 496 g/mol. The van der Waals surface area contributed by atoms with E-state index in [2.05, 4.69) is 24.3 Å². The molecule has 8 bridgehead atoms. The van der Waals surface area contributed by atoms with Crippen LogP contribution in [-0.2, 0) is 20.3 Å². The molecule has 2 saturated heterocycles. The minimum Gasteiger partial charge on any atom is -0.491 e. The molecule has 2 heterocycles. The highest BCUT2D eigenvalue weighted by Gasteiger charge is 2.54. The van der Waals surface area contributed by atoms with Crippen molar-refractivity contribution in [2.24, 2.45) is 35.5 Å². The van der Waals surface area contributed by atoms with Crippen molar-refractivity contribution in [1.29, 1.82) is 0 Å². The molecule has 8 aliphatic carbocycles. The van der Waals surface area contributed by atoms with Crippen molar-refractivity contribution in [2.45, 2.75) is 100 Å². The van der Waals surface area contributed by atoms with Gasteiger partial charge in [0.2, 0.25) is 0 Å². The van der Waals surface area contributed by atoms with Gasteiger partial charge in [-0.15, -0.1) is 0 Å². The van der Waals surface area contributed by atoms with Crippen LogP contribution in [-0.4, -0.2) is 38.6 Å². The van der Waals surface area contributed by atoms with Gasteiger partial charge in [-0.25, -0.2) is 0 Å². The summed E-state index contributed by atoms with van der Waals surface area (Å²) in [6.07, 6.45) is 17.9. The predicted molar refractivity (Wildman–Crippen MR) is 154 cm³/mol. The Balaban J connectivity index is 1.16. The Labute approximate surface area is 238 Å². The zero-order valence-corrected chi connectivity index (χ0v) is 23.9. The number of fused-ring (bicyclic) bond motifs is 1. The van der Waals surface area contributed by atoms with Crippen molar-refractivity contribution in [3.63, 3.8) is 0 Å². The standard InChI is InChI=1S/C36H44O4/c1-21-2-23-3-22(1)12-35(11-21,13-23)27-7-32-31(33(8-27)36-14-24-4-25(15-36)6-26(5-24)16-36)9-28(37-17-29-18-38-29)10-34(32)40-20-30-19-39-30/h7-10,21-26,29-30H,1-6,11-20H2. The highest BCUT2D eigenvalue weighted by atomic mass is 16.6. The molecule has 2 unspecified atom stereocenters. The molecule has 0 amide bonds. The molecule has 2 aromatic rings. The Kier molecular flexibility index (Phi) is 4.99. The molecule has 40 heavy (non-hydrogen) atoms. The number of epoxide rings is 2. The molecule has 0 N–H and O–H groups in total. The van der Waals surface area contributed by atoms with Crippen molar-refractivity contribution >= 4 is 10.8 Å². The van der Waals surface area contributed by atoms with E-state index in [0.29, 0.717) is 24.0 Å². The number of ether oxygens (including phenoxy) is 4. The van der Waals surface area contributed by atoms with Crippen molar-refractivity contribution in [2.75, 3.05) is 26.4 Å². The number of hydrogen-bond acceptors (Lipinski definition) is 4. The van der Waals surface area contributed by atoms with E-state index in [4.69, 9.17) is 18.9 Å². The van der Waals surface area contributed by atoms with Gasteiger partial charge in [-0.3, -0.25) is 0 Å². The van der Waals surface area contributed by atoms with E-state index < -0.39 is 0 Å². The van der Waals surface area contributed by atoms with Gasteiger partial charge in [0.25, 0.3) is 0 Å². The summed E-state index contributed by atoms with van der Waals surface area (Å²) in [4.78, 5) is 0. The zero-order valence-electron chi connectivity index (χ0n) is 23.9. The van der Waals surface area contributed by atoms with Crippen LogP contribution in [0, 0.1) is 35.5 Å². The van der Waals surface area contributed by atoms with Gasteiger partial charge in [-0.1, -0.05) is 6.07 Å². The van der Waals surface area contributed by atoms with Crippen LogP contribution >= 0.6 is 0 Å². The SMILES string of the molecule is c1c(OCC2CO2)cc2c(C34CC5CC(CC(C5)C3)C4)cc(C34CC5CC(CC(C5)C3)C4)cc2c1OCC1CO1. The van der Waals surface area contributed by atoms with Crippen molar-refractivity contribution in [3.05, 3.63) is 35.4 Å². The molecule has 2 aromatic carbocycles. The second-order valence-electron chi connectivity index (χ2n) is 16.0. The molecular formula is C36H44O4. The van der Waals surface area contributed by atoms with Crippen molar-refractivity contribution in [1.82, 2.24) is 0 Å². The van der Waals surface area contributed by atoms with Crippen LogP contribution in [0.5, 0.6) is 11.5 Å². The molecule has 10 aliphatic rings. The Morgan fingerprint density at radius 3 is 1.60 bits per heavy atom. The maximum absolute atomic E-state index is 6.62. The van der Waals surface area contributed by atoms with Crippen LogP contribution in [0.3, 0.4) is 0 Å². The van der Waals surface area contributed by atoms with Crippen LogP contribution in [0.1, 0.15) is 88.2 Å². The Bertz CT molecular complexity index is 1280. The van der Waals surface area contributed by atoms with Gasteiger partial charge < -0.3 is 18.9 Å². The van der Waals surface area contributed by atoms with E-state index in [0.717, 1.165) is 60.2 Å². The van der Waals surface area contributed by atoms with Crippen molar-refractivity contribution < 1.29 is 18.9 Å². The Hall–Kier alpha value is -1.78. The fourth-order valence-corrected chi connectivity index (χ4v) is 12.0. The third-order valence-corrected chi connectivity index (χ3v) is 12.9. The average Bonchev–Trinajstić information content (AvgIpc) is 3.84. The minimum atomic E-state index is 0.244. The summed E-state index contributed by atoms with van der Waals surface area (Å²) in [5.41, 5.74) is 4.04. The fourth-order valence-electron chi connectivity index (χ4n) is 12.0. The molecule has 4 nitrogen and oxygen atoms in total. The topological polar surface area (TPSA) is 43.5 Å². The second-order valence-corrected chi connectivity index (χ2v) is 16.0. The van der Waals surface area contributed by atoms with E-state index in [-0.39, 0.29) is 12.2 Å². The Morgan fingerprint density at radius 1 is 0.575 bits per heavy atom. The lowest BCUT2D eigenvalue weighted by Gasteiger charge is -2.58. The third-order valence-electron chi connectivity index (χ3n) is 12.9. The number of rotatable bonds is 8. The summed E-state index contributed by atoms with van der Waals surface area (Å²) in [7, 11) is 0. The van der Waals surface area contributed by atoms with E-state index in [9.17, 15) is 0 Å². The van der Waals surface area contributed by atoms with Crippen LogP contribution < -0.4 is 9.47 Å². The fraction of sp³-hybridized carbons (Fsp3) is 0.722. The van der Waals surface area contributed by atoms with E-state index >= 15 is 0 Å². The predicted octanol–water partition coefficient (Wildman–Crippen LogP) is 7.33. The van der Waals surface area contributed by atoms with Crippen LogP contribution in [0.15, 0.2) is 24.3 Å². The van der Waals surface area contributed by atoms with Crippen molar-refractivity contribution in [3.8, 4) is 11.5 Å². The average molecular weight is 541 g/mol. The highest BCUT2D eigenvalue weighted by Crippen LogP contribution is 2.64. The lowest BCUT2D eigenvalue weighted by Crippen LogP contribution is -2.50. The normalized spacial score (nSPS) is 45.3. The smallest absolute Gasteiger partial charge is 0.130 e. The molecule has 8 saturated carbocycles. The molecule has 0 radical (unpaired) electrons. The highest BCUT2D eigenvalue weighted by molar-refractivity contribution is 5.94. The zero-order chi connectivity index (χ0) is 26.1. The molecule has 12 rings (SSSR count). The first-order valence-electron chi connectivity index (χ1n) is 16.7. The first-order chi connectivity index (χ1) is 19.6. The molecule has 0 aromatic heterocycles. The first kappa shape index (κ1) is 23.7. The van der Waals surface area contributed by atoms with Crippen LogP contribution in [0.25, 0.3) is 10.8 Å². The molecule has 4 heteroatoms. The van der Waals surface area contributed by atoms with Crippen LogP contribution in [0.4, 0.5) is 0 Å². The summed E-state index contributed by atoms with van der Waals surface area (Å²) in [5.74, 6) is 7.60.